The van der Waals surface area contributed by atoms with E-state index in [0.717, 1.165) is 17.9 Å². The molecule has 0 aliphatic heterocycles. The van der Waals surface area contributed by atoms with E-state index in [0.29, 0.717) is 30.9 Å². The summed E-state index contributed by atoms with van der Waals surface area (Å²) in [6, 6.07) is 13.2. The highest BCUT2D eigenvalue weighted by atomic mass is 16.5. The van der Waals surface area contributed by atoms with Gasteiger partial charge >= 0.3 is 0 Å². The molecule has 0 bridgehead atoms. The number of pyridine rings is 1. The van der Waals surface area contributed by atoms with E-state index >= 15 is 0 Å². The molecule has 0 fully saturated rings. The SMILES string of the molecule is Cc1ccc(OCCCOc2ccccc2)c(C=O)n1. The second kappa shape index (κ2) is 7.28. The maximum Gasteiger partial charge on any atom is 0.172 e. The number of rotatable bonds is 7. The van der Waals surface area contributed by atoms with E-state index in [1.54, 1.807) is 6.07 Å². The van der Waals surface area contributed by atoms with E-state index in [2.05, 4.69) is 4.98 Å². The Kier molecular flexibility index (Phi) is 5.12. The van der Waals surface area contributed by atoms with Gasteiger partial charge in [0.25, 0.3) is 0 Å². The first kappa shape index (κ1) is 14.1. The third-order valence-electron chi connectivity index (χ3n) is 2.69. The first-order chi connectivity index (χ1) is 9.79. The van der Waals surface area contributed by atoms with Crippen LogP contribution >= 0.6 is 0 Å². The van der Waals surface area contributed by atoms with Crippen LogP contribution in [0.3, 0.4) is 0 Å². The normalized spacial score (nSPS) is 10.1. The number of nitrogens with zero attached hydrogens (tertiary/aromatic N) is 1. The second-order valence-corrected chi connectivity index (χ2v) is 4.32. The molecule has 0 radical (unpaired) electrons. The van der Waals surface area contributed by atoms with E-state index in [-0.39, 0.29) is 0 Å². The Balaban J connectivity index is 1.75. The summed E-state index contributed by atoms with van der Waals surface area (Å²) >= 11 is 0. The minimum Gasteiger partial charge on any atom is -0.493 e. The smallest absolute Gasteiger partial charge is 0.172 e. The average Bonchev–Trinajstić information content (AvgIpc) is 2.49. The largest absolute Gasteiger partial charge is 0.493 e. The lowest BCUT2D eigenvalue weighted by molar-refractivity contribution is 0.111. The average molecular weight is 271 g/mol. The van der Waals surface area contributed by atoms with Crippen LogP contribution in [-0.4, -0.2) is 24.5 Å². The fourth-order valence-electron chi connectivity index (χ4n) is 1.72. The Morgan fingerprint density at radius 3 is 2.55 bits per heavy atom. The number of benzene rings is 1. The van der Waals surface area contributed by atoms with Crippen molar-refractivity contribution in [1.29, 1.82) is 0 Å². The van der Waals surface area contributed by atoms with Crippen LogP contribution in [-0.2, 0) is 0 Å². The van der Waals surface area contributed by atoms with Gasteiger partial charge in [0, 0.05) is 12.1 Å². The molecule has 0 aliphatic carbocycles. The number of aromatic nitrogens is 1. The summed E-state index contributed by atoms with van der Waals surface area (Å²) in [6.45, 7) is 2.89. The monoisotopic (exact) mass is 271 g/mol. The number of aldehydes is 1. The van der Waals surface area contributed by atoms with Crippen molar-refractivity contribution >= 4 is 6.29 Å². The van der Waals surface area contributed by atoms with Gasteiger partial charge < -0.3 is 9.47 Å². The van der Waals surface area contributed by atoms with E-state index in [1.807, 2.05) is 43.3 Å². The van der Waals surface area contributed by atoms with Crippen LogP contribution in [0, 0.1) is 6.92 Å². The lowest BCUT2D eigenvalue weighted by atomic mass is 10.3. The zero-order valence-electron chi connectivity index (χ0n) is 11.4. The van der Waals surface area contributed by atoms with Crippen molar-refractivity contribution in [2.45, 2.75) is 13.3 Å². The molecule has 0 saturated carbocycles. The fourth-order valence-corrected chi connectivity index (χ4v) is 1.72. The predicted octanol–water partition coefficient (Wildman–Crippen LogP) is 3.05. The molecule has 1 aromatic carbocycles. The van der Waals surface area contributed by atoms with Crippen LogP contribution in [0.25, 0.3) is 0 Å². The summed E-state index contributed by atoms with van der Waals surface area (Å²) in [7, 11) is 0. The lowest BCUT2D eigenvalue weighted by Gasteiger charge is -2.09. The zero-order valence-corrected chi connectivity index (χ0v) is 11.4. The molecule has 0 atom stereocenters. The number of carbonyl (C=O) groups excluding carboxylic acids is 1. The third-order valence-corrected chi connectivity index (χ3v) is 2.69. The molecular weight excluding hydrogens is 254 g/mol. The molecule has 4 nitrogen and oxygen atoms in total. The van der Waals surface area contributed by atoms with E-state index in [1.165, 1.54) is 0 Å². The molecule has 2 aromatic rings. The van der Waals surface area contributed by atoms with Gasteiger partial charge in [0.05, 0.1) is 13.2 Å². The Bertz CT molecular complexity index is 555. The summed E-state index contributed by atoms with van der Waals surface area (Å²) in [5.74, 6) is 1.36. The predicted molar refractivity (Wildman–Crippen MR) is 76.4 cm³/mol. The molecule has 4 heteroatoms. The minimum atomic E-state index is 0.342. The van der Waals surface area contributed by atoms with Crippen LogP contribution < -0.4 is 9.47 Å². The molecule has 1 aromatic heterocycles. The van der Waals surface area contributed by atoms with Crippen LogP contribution in [0.2, 0.25) is 0 Å². The molecule has 2 rings (SSSR count). The third kappa shape index (κ3) is 4.09. The van der Waals surface area contributed by atoms with Gasteiger partial charge in [0.1, 0.15) is 17.2 Å². The van der Waals surface area contributed by atoms with E-state index in [4.69, 9.17) is 9.47 Å². The van der Waals surface area contributed by atoms with Crippen LogP contribution in [0.5, 0.6) is 11.5 Å². The van der Waals surface area contributed by atoms with Crippen LogP contribution in [0.15, 0.2) is 42.5 Å². The van der Waals surface area contributed by atoms with Crippen molar-refractivity contribution in [2.24, 2.45) is 0 Å². The first-order valence-corrected chi connectivity index (χ1v) is 6.53. The molecule has 104 valence electrons. The molecule has 0 unspecified atom stereocenters. The Hall–Kier alpha value is -2.36. The molecule has 0 amide bonds. The van der Waals surface area contributed by atoms with Gasteiger partial charge in [-0.05, 0) is 31.2 Å². The highest BCUT2D eigenvalue weighted by Gasteiger charge is 2.04. The quantitative estimate of drug-likeness (QED) is 0.573. The summed E-state index contributed by atoms with van der Waals surface area (Å²) in [6.07, 6.45) is 1.45. The number of aryl methyl sites for hydroxylation is 1. The molecule has 0 spiro atoms. The number of carbonyl (C=O) groups is 1. The standard InChI is InChI=1S/C16H17NO3/c1-13-8-9-16(15(12-18)17-13)20-11-5-10-19-14-6-3-2-4-7-14/h2-4,6-9,12H,5,10-11H2,1H3. The molecular formula is C16H17NO3. The summed E-state index contributed by atoms with van der Waals surface area (Å²) in [5.41, 5.74) is 1.14. The lowest BCUT2D eigenvalue weighted by Crippen LogP contribution is -2.07. The summed E-state index contributed by atoms with van der Waals surface area (Å²) in [5, 5.41) is 0. The van der Waals surface area contributed by atoms with Crippen molar-refractivity contribution in [3.8, 4) is 11.5 Å². The number of hydrogen-bond acceptors (Lipinski definition) is 4. The van der Waals surface area contributed by atoms with Crippen LogP contribution in [0.4, 0.5) is 0 Å². The molecule has 0 N–H and O–H groups in total. The Labute approximate surface area is 118 Å². The van der Waals surface area contributed by atoms with E-state index < -0.39 is 0 Å². The van der Waals surface area contributed by atoms with Crippen molar-refractivity contribution in [3.05, 3.63) is 53.9 Å². The number of ether oxygens (including phenoxy) is 2. The maximum absolute atomic E-state index is 10.9. The van der Waals surface area contributed by atoms with Gasteiger partial charge in [-0.15, -0.1) is 0 Å². The fraction of sp³-hybridized carbons (Fsp3) is 0.250. The zero-order chi connectivity index (χ0) is 14.2. The summed E-state index contributed by atoms with van der Waals surface area (Å²) < 4.78 is 11.1. The van der Waals surface area contributed by atoms with Gasteiger partial charge in [-0.1, -0.05) is 18.2 Å². The maximum atomic E-state index is 10.9. The van der Waals surface area contributed by atoms with Crippen molar-refractivity contribution < 1.29 is 14.3 Å². The second-order valence-electron chi connectivity index (χ2n) is 4.32. The number of para-hydroxylation sites is 1. The summed E-state index contributed by atoms with van der Waals surface area (Å²) in [4.78, 5) is 15.0. The van der Waals surface area contributed by atoms with Crippen molar-refractivity contribution in [2.75, 3.05) is 13.2 Å². The molecule has 1 heterocycles. The number of hydrogen-bond donors (Lipinski definition) is 0. The highest BCUT2D eigenvalue weighted by molar-refractivity contribution is 5.76. The topological polar surface area (TPSA) is 48.4 Å². The molecule has 0 saturated heterocycles. The Morgan fingerprint density at radius 1 is 1.05 bits per heavy atom. The minimum absolute atomic E-state index is 0.342. The highest BCUT2D eigenvalue weighted by Crippen LogP contribution is 2.15. The molecule has 20 heavy (non-hydrogen) atoms. The van der Waals surface area contributed by atoms with Gasteiger partial charge in [-0.2, -0.15) is 0 Å². The van der Waals surface area contributed by atoms with Gasteiger partial charge in [0.2, 0.25) is 0 Å². The van der Waals surface area contributed by atoms with Crippen molar-refractivity contribution in [1.82, 2.24) is 4.98 Å². The van der Waals surface area contributed by atoms with E-state index in [9.17, 15) is 4.79 Å². The molecule has 0 aliphatic rings. The Morgan fingerprint density at radius 2 is 1.80 bits per heavy atom. The van der Waals surface area contributed by atoms with Gasteiger partial charge in [-0.25, -0.2) is 4.98 Å². The van der Waals surface area contributed by atoms with Gasteiger partial charge in [0.15, 0.2) is 6.29 Å². The van der Waals surface area contributed by atoms with Gasteiger partial charge in [-0.3, -0.25) is 4.79 Å². The van der Waals surface area contributed by atoms with Crippen LogP contribution in [0.1, 0.15) is 22.6 Å². The first-order valence-electron chi connectivity index (χ1n) is 6.53. The van der Waals surface area contributed by atoms with Crippen molar-refractivity contribution in [3.63, 3.8) is 0 Å².